The molecule has 1 saturated heterocycles. The van der Waals surface area contributed by atoms with Crippen molar-refractivity contribution in [1.29, 1.82) is 0 Å². The van der Waals surface area contributed by atoms with Crippen molar-refractivity contribution >= 4 is 0 Å². The van der Waals surface area contributed by atoms with Crippen LogP contribution in [-0.4, -0.2) is 44.3 Å². The monoisotopic (exact) mass is 292 g/mol. The molecule has 2 rings (SSSR count). The normalized spacial score (nSPS) is 16.9. The van der Waals surface area contributed by atoms with Gasteiger partial charge in [-0.3, -0.25) is 4.90 Å². The minimum atomic E-state index is 0.695. The molecule has 0 bridgehead atoms. The molecule has 0 amide bonds. The second-order valence-corrected chi connectivity index (χ2v) is 5.62. The molecule has 0 aromatic heterocycles. The van der Waals surface area contributed by atoms with Gasteiger partial charge in [0.25, 0.3) is 0 Å². The van der Waals surface area contributed by atoms with Crippen LogP contribution in [0.1, 0.15) is 26.2 Å². The fraction of sp³-hybridized carbons (Fsp3) is 0.647. The Bertz CT molecular complexity index is 386. The summed E-state index contributed by atoms with van der Waals surface area (Å²) in [5, 5.41) is 0. The van der Waals surface area contributed by atoms with Crippen LogP contribution in [0.25, 0.3) is 0 Å². The predicted molar refractivity (Wildman–Crippen MR) is 85.9 cm³/mol. The van der Waals surface area contributed by atoms with Crippen LogP contribution in [-0.2, 0) is 0 Å². The summed E-state index contributed by atoms with van der Waals surface area (Å²) in [6, 6.07) is 7.85. The van der Waals surface area contributed by atoms with E-state index < -0.39 is 0 Å². The van der Waals surface area contributed by atoms with E-state index in [0.29, 0.717) is 6.61 Å². The molecule has 4 heteroatoms. The first-order valence-corrected chi connectivity index (χ1v) is 8.10. The lowest BCUT2D eigenvalue weighted by atomic mass is 9.94. The van der Waals surface area contributed by atoms with E-state index in [0.717, 1.165) is 37.1 Å². The SMILES string of the molecule is CCOc1ccc(OCCN2CCC(CCN)CC2)cc1. The van der Waals surface area contributed by atoms with Crippen LogP contribution in [0.4, 0.5) is 0 Å². The van der Waals surface area contributed by atoms with E-state index in [-0.39, 0.29) is 0 Å². The van der Waals surface area contributed by atoms with E-state index in [1.54, 1.807) is 0 Å². The molecule has 0 radical (unpaired) electrons. The number of ether oxygens (including phenoxy) is 2. The molecule has 0 spiro atoms. The van der Waals surface area contributed by atoms with Crippen molar-refractivity contribution in [1.82, 2.24) is 4.90 Å². The van der Waals surface area contributed by atoms with Gasteiger partial charge in [-0.2, -0.15) is 0 Å². The van der Waals surface area contributed by atoms with E-state index in [1.165, 1.54) is 32.4 Å². The smallest absolute Gasteiger partial charge is 0.119 e. The maximum atomic E-state index is 5.80. The minimum Gasteiger partial charge on any atom is -0.494 e. The van der Waals surface area contributed by atoms with Gasteiger partial charge in [0.1, 0.15) is 18.1 Å². The highest BCUT2D eigenvalue weighted by Crippen LogP contribution is 2.20. The molecule has 1 heterocycles. The molecule has 1 aromatic carbocycles. The first-order valence-electron chi connectivity index (χ1n) is 8.10. The number of nitrogens with zero attached hydrogens (tertiary/aromatic N) is 1. The average Bonchev–Trinajstić information content (AvgIpc) is 2.51. The van der Waals surface area contributed by atoms with Crippen molar-refractivity contribution in [2.24, 2.45) is 11.7 Å². The zero-order valence-corrected chi connectivity index (χ0v) is 13.1. The lowest BCUT2D eigenvalue weighted by Crippen LogP contribution is -2.36. The van der Waals surface area contributed by atoms with Gasteiger partial charge < -0.3 is 15.2 Å². The number of nitrogens with two attached hydrogens (primary N) is 1. The quantitative estimate of drug-likeness (QED) is 0.800. The van der Waals surface area contributed by atoms with Crippen molar-refractivity contribution in [3.63, 3.8) is 0 Å². The van der Waals surface area contributed by atoms with Gasteiger partial charge in [-0.05, 0) is 76.0 Å². The van der Waals surface area contributed by atoms with Gasteiger partial charge >= 0.3 is 0 Å². The summed E-state index contributed by atoms with van der Waals surface area (Å²) in [5.74, 6) is 2.64. The fourth-order valence-electron chi connectivity index (χ4n) is 2.83. The Morgan fingerprint density at radius 1 is 1.10 bits per heavy atom. The van der Waals surface area contributed by atoms with Gasteiger partial charge in [-0.15, -0.1) is 0 Å². The van der Waals surface area contributed by atoms with E-state index >= 15 is 0 Å². The first kappa shape index (κ1) is 16.1. The molecule has 0 atom stereocenters. The van der Waals surface area contributed by atoms with E-state index in [2.05, 4.69) is 4.90 Å². The third kappa shape index (κ3) is 5.56. The van der Waals surface area contributed by atoms with Crippen molar-refractivity contribution in [3.8, 4) is 11.5 Å². The van der Waals surface area contributed by atoms with Gasteiger partial charge in [-0.1, -0.05) is 0 Å². The van der Waals surface area contributed by atoms with E-state index in [1.807, 2.05) is 31.2 Å². The van der Waals surface area contributed by atoms with Crippen LogP contribution in [0.2, 0.25) is 0 Å². The second kappa shape index (κ2) is 8.90. The number of benzene rings is 1. The Kier molecular flexibility index (Phi) is 6.83. The van der Waals surface area contributed by atoms with Crippen molar-refractivity contribution in [2.75, 3.05) is 39.4 Å². The third-order valence-corrected chi connectivity index (χ3v) is 4.09. The second-order valence-electron chi connectivity index (χ2n) is 5.62. The molecule has 1 aliphatic rings. The van der Waals surface area contributed by atoms with E-state index in [9.17, 15) is 0 Å². The van der Waals surface area contributed by atoms with Crippen LogP contribution in [0, 0.1) is 5.92 Å². The molecule has 0 unspecified atom stereocenters. The Morgan fingerprint density at radius 3 is 2.29 bits per heavy atom. The highest BCUT2D eigenvalue weighted by molar-refractivity contribution is 5.31. The summed E-state index contributed by atoms with van der Waals surface area (Å²) in [7, 11) is 0. The number of hydrogen-bond donors (Lipinski definition) is 1. The van der Waals surface area contributed by atoms with Gasteiger partial charge in [-0.25, -0.2) is 0 Å². The molecule has 1 aromatic rings. The van der Waals surface area contributed by atoms with Crippen molar-refractivity contribution in [3.05, 3.63) is 24.3 Å². The number of piperidine rings is 1. The summed E-state index contributed by atoms with van der Waals surface area (Å²) in [6.07, 6.45) is 3.73. The summed E-state index contributed by atoms with van der Waals surface area (Å²) < 4.78 is 11.2. The molecule has 21 heavy (non-hydrogen) atoms. The highest BCUT2D eigenvalue weighted by Gasteiger charge is 2.18. The maximum Gasteiger partial charge on any atom is 0.119 e. The molecular formula is C17H28N2O2. The Balaban J connectivity index is 1.63. The number of hydrogen-bond acceptors (Lipinski definition) is 4. The van der Waals surface area contributed by atoms with Gasteiger partial charge in [0.05, 0.1) is 6.61 Å². The fourth-order valence-corrected chi connectivity index (χ4v) is 2.83. The zero-order valence-electron chi connectivity index (χ0n) is 13.1. The Hall–Kier alpha value is -1.26. The molecule has 1 fully saturated rings. The first-order chi connectivity index (χ1) is 10.3. The summed E-state index contributed by atoms with van der Waals surface area (Å²) in [4.78, 5) is 2.49. The molecule has 4 nitrogen and oxygen atoms in total. The largest absolute Gasteiger partial charge is 0.494 e. The van der Waals surface area contributed by atoms with Gasteiger partial charge in [0.15, 0.2) is 0 Å². The number of rotatable bonds is 8. The summed E-state index contributed by atoms with van der Waals surface area (Å²) >= 11 is 0. The third-order valence-electron chi connectivity index (χ3n) is 4.09. The van der Waals surface area contributed by atoms with Crippen LogP contribution in [0.15, 0.2) is 24.3 Å². The zero-order chi connectivity index (χ0) is 14.9. The summed E-state index contributed by atoms with van der Waals surface area (Å²) in [5.41, 5.74) is 5.63. The maximum absolute atomic E-state index is 5.80. The van der Waals surface area contributed by atoms with E-state index in [4.69, 9.17) is 15.2 Å². The number of likely N-dealkylation sites (tertiary alicyclic amines) is 1. The van der Waals surface area contributed by atoms with Crippen LogP contribution in [0.3, 0.4) is 0 Å². The molecule has 2 N–H and O–H groups in total. The Morgan fingerprint density at radius 2 is 1.71 bits per heavy atom. The predicted octanol–water partition coefficient (Wildman–Crippen LogP) is 2.52. The molecular weight excluding hydrogens is 264 g/mol. The molecule has 0 saturated carbocycles. The van der Waals surface area contributed by atoms with Crippen LogP contribution in [0.5, 0.6) is 11.5 Å². The molecule has 1 aliphatic heterocycles. The average molecular weight is 292 g/mol. The lowest BCUT2D eigenvalue weighted by molar-refractivity contribution is 0.152. The standard InChI is InChI=1S/C17H28N2O2/c1-2-20-16-3-5-17(6-4-16)21-14-13-19-11-8-15(7-10-18)9-12-19/h3-6,15H,2,7-14,18H2,1H3. The van der Waals surface area contributed by atoms with Gasteiger partial charge in [0.2, 0.25) is 0 Å². The van der Waals surface area contributed by atoms with Crippen molar-refractivity contribution in [2.45, 2.75) is 26.2 Å². The summed E-state index contributed by atoms with van der Waals surface area (Å²) in [6.45, 7) is 7.61. The molecule has 118 valence electrons. The van der Waals surface area contributed by atoms with Crippen molar-refractivity contribution < 1.29 is 9.47 Å². The van der Waals surface area contributed by atoms with Crippen LogP contribution >= 0.6 is 0 Å². The minimum absolute atomic E-state index is 0.695. The van der Waals surface area contributed by atoms with Crippen LogP contribution < -0.4 is 15.2 Å². The Labute approximate surface area is 128 Å². The lowest BCUT2D eigenvalue weighted by Gasteiger charge is -2.31. The van der Waals surface area contributed by atoms with Gasteiger partial charge in [0, 0.05) is 6.54 Å². The molecule has 0 aliphatic carbocycles. The topological polar surface area (TPSA) is 47.7 Å². The highest BCUT2D eigenvalue weighted by atomic mass is 16.5.